The molecule has 0 aliphatic rings. The van der Waals surface area contributed by atoms with Crippen LogP contribution < -0.4 is 5.73 Å². The van der Waals surface area contributed by atoms with Gasteiger partial charge in [0.2, 0.25) is 0 Å². The summed E-state index contributed by atoms with van der Waals surface area (Å²) in [7, 11) is 1.74. The van der Waals surface area contributed by atoms with E-state index in [0.717, 1.165) is 5.56 Å². The highest BCUT2D eigenvalue weighted by Gasteiger charge is 2.17. The molecule has 84 valence electrons. The third-order valence-corrected chi connectivity index (χ3v) is 2.74. The van der Waals surface area contributed by atoms with E-state index in [9.17, 15) is 5.11 Å². The predicted octanol–water partition coefficient (Wildman–Crippen LogP) is 1.74. The molecule has 1 aromatic heterocycles. The smallest absolute Gasteiger partial charge is 0.122 e. The van der Waals surface area contributed by atoms with Crippen molar-refractivity contribution < 1.29 is 5.11 Å². The monoisotopic (exact) mass is 237 g/mol. The summed E-state index contributed by atoms with van der Waals surface area (Å²) in [5, 5.41) is 14.6. The van der Waals surface area contributed by atoms with E-state index in [0.29, 0.717) is 16.4 Å². The van der Waals surface area contributed by atoms with Crippen molar-refractivity contribution in [2.75, 3.05) is 5.73 Å². The molecular formula is C11H12ClN3O. The van der Waals surface area contributed by atoms with Crippen LogP contribution in [-0.4, -0.2) is 14.9 Å². The van der Waals surface area contributed by atoms with Crippen molar-refractivity contribution in [3.8, 4) is 0 Å². The molecule has 1 heterocycles. The normalized spacial score (nSPS) is 12.7. The third-order valence-electron chi connectivity index (χ3n) is 2.45. The topological polar surface area (TPSA) is 64.1 Å². The second-order valence-corrected chi connectivity index (χ2v) is 3.98. The number of aliphatic hydroxyl groups excluding tert-OH is 1. The summed E-state index contributed by atoms with van der Waals surface area (Å²) in [6.07, 6.45) is 0.720. The van der Waals surface area contributed by atoms with Gasteiger partial charge < -0.3 is 10.8 Å². The van der Waals surface area contributed by atoms with Crippen LogP contribution in [0.3, 0.4) is 0 Å². The molecule has 0 aliphatic carbocycles. The molecule has 0 saturated carbocycles. The average molecular weight is 238 g/mol. The maximum absolute atomic E-state index is 10.1. The van der Waals surface area contributed by atoms with E-state index < -0.39 is 6.10 Å². The minimum Gasteiger partial charge on any atom is -0.399 e. The molecule has 0 aliphatic heterocycles. The number of aromatic nitrogens is 2. The molecular weight excluding hydrogens is 226 g/mol. The molecule has 0 bridgehead atoms. The highest BCUT2D eigenvalue weighted by Crippen LogP contribution is 2.27. The Morgan fingerprint density at radius 2 is 2.00 bits per heavy atom. The van der Waals surface area contributed by atoms with Gasteiger partial charge in [-0.1, -0.05) is 23.7 Å². The van der Waals surface area contributed by atoms with Crippen LogP contribution in [0.25, 0.3) is 0 Å². The Morgan fingerprint density at radius 3 is 2.50 bits per heavy atom. The van der Waals surface area contributed by atoms with Crippen LogP contribution in [0.1, 0.15) is 17.4 Å². The summed E-state index contributed by atoms with van der Waals surface area (Å²) in [5.74, 6) is 0. The SMILES string of the molecule is Cn1ncc(Cl)c1C(O)c1ccc(N)cc1. The number of nitrogens with zero attached hydrogens (tertiary/aromatic N) is 2. The predicted molar refractivity (Wildman–Crippen MR) is 63.1 cm³/mol. The largest absolute Gasteiger partial charge is 0.399 e. The van der Waals surface area contributed by atoms with Gasteiger partial charge >= 0.3 is 0 Å². The summed E-state index contributed by atoms with van der Waals surface area (Å²) < 4.78 is 1.56. The van der Waals surface area contributed by atoms with Crippen molar-refractivity contribution in [3.63, 3.8) is 0 Å². The summed E-state index contributed by atoms with van der Waals surface area (Å²) in [6.45, 7) is 0. The molecule has 2 aromatic rings. The number of hydrogen-bond acceptors (Lipinski definition) is 3. The first-order valence-corrected chi connectivity index (χ1v) is 5.18. The van der Waals surface area contributed by atoms with E-state index in [1.54, 1.807) is 36.0 Å². The van der Waals surface area contributed by atoms with Crippen LogP contribution in [0.5, 0.6) is 0 Å². The Bertz CT molecular complexity index is 473. The Labute approximate surface area is 98.3 Å². The van der Waals surface area contributed by atoms with Crippen molar-refractivity contribution in [2.45, 2.75) is 6.10 Å². The number of benzene rings is 1. The zero-order chi connectivity index (χ0) is 11.7. The number of aryl methyl sites for hydroxylation is 1. The summed E-state index contributed by atoms with van der Waals surface area (Å²) in [5.41, 5.74) is 7.55. The van der Waals surface area contributed by atoms with Gasteiger partial charge in [0.05, 0.1) is 16.9 Å². The van der Waals surface area contributed by atoms with Crippen LogP contribution >= 0.6 is 11.6 Å². The second-order valence-electron chi connectivity index (χ2n) is 3.57. The first kappa shape index (κ1) is 11.0. The molecule has 0 fully saturated rings. The number of aliphatic hydroxyl groups is 1. The molecule has 2 rings (SSSR count). The van der Waals surface area contributed by atoms with Crippen LogP contribution in [0.15, 0.2) is 30.5 Å². The van der Waals surface area contributed by atoms with Gasteiger partial charge in [0.15, 0.2) is 0 Å². The Balaban J connectivity index is 2.39. The Morgan fingerprint density at radius 1 is 1.38 bits per heavy atom. The van der Waals surface area contributed by atoms with E-state index in [4.69, 9.17) is 17.3 Å². The maximum Gasteiger partial charge on any atom is 0.122 e. The van der Waals surface area contributed by atoms with Gasteiger partial charge in [0.1, 0.15) is 6.10 Å². The van der Waals surface area contributed by atoms with E-state index in [1.807, 2.05) is 0 Å². The Hall–Kier alpha value is -1.52. The standard InChI is InChI=1S/C11H12ClN3O/c1-15-10(9(12)6-14-15)11(16)7-2-4-8(13)5-3-7/h2-6,11,16H,13H2,1H3. The fraction of sp³-hybridized carbons (Fsp3) is 0.182. The van der Waals surface area contributed by atoms with Crippen LogP contribution in [-0.2, 0) is 7.05 Å². The molecule has 0 radical (unpaired) electrons. The highest BCUT2D eigenvalue weighted by molar-refractivity contribution is 6.31. The number of hydrogen-bond donors (Lipinski definition) is 2. The zero-order valence-corrected chi connectivity index (χ0v) is 9.52. The minimum absolute atomic E-state index is 0.451. The van der Waals surface area contributed by atoms with Crippen LogP contribution in [0.2, 0.25) is 5.02 Å². The maximum atomic E-state index is 10.1. The molecule has 16 heavy (non-hydrogen) atoms. The van der Waals surface area contributed by atoms with Crippen molar-refractivity contribution in [1.29, 1.82) is 0 Å². The van der Waals surface area contributed by atoms with E-state index >= 15 is 0 Å². The zero-order valence-electron chi connectivity index (χ0n) is 8.76. The van der Waals surface area contributed by atoms with Crippen LogP contribution in [0, 0.1) is 0 Å². The van der Waals surface area contributed by atoms with Gasteiger partial charge in [0, 0.05) is 12.7 Å². The highest BCUT2D eigenvalue weighted by atomic mass is 35.5. The summed E-state index contributed by atoms with van der Waals surface area (Å²) >= 11 is 5.95. The lowest BCUT2D eigenvalue weighted by Crippen LogP contribution is -2.07. The molecule has 1 atom stereocenters. The molecule has 1 aromatic carbocycles. The minimum atomic E-state index is -0.791. The number of nitrogens with two attached hydrogens (primary N) is 1. The third kappa shape index (κ3) is 1.89. The molecule has 3 N–H and O–H groups in total. The van der Waals surface area contributed by atoms with Gasteiger partial charge in [-0.2, -0.15) is 5.10 Å². The van der Waals surface area contributed by atoms with Crippen LogP contribution in [0.4, 0.5) is 5.69 Å². The fourth-order valence-electron chi connectivity index (χ4n) is 1.56. The number of halogens is 1. The van der Waals surface area contributed by atoms with Crippen molar-refractivity contribution in [1.82, 2.24) is 9.78 Å². The number of rotatable bonds is 2. The van der Waals surface area contributed by atoms with Gasteiger partial charge in [-0.05, 0) is 17.7 Å². The van der Waals surface area contributed by atoms with E-state index in [-0.39, 0.29) is 0 Å². The lowest BCUT2D eigenvalue weighted by molar-refractivity contribution is 0.210. The number of nitrogen functional groups attached to an aromatic ring is 1. The molecule has 5 heteroatoms. The van der Waals surface area contributed by atoms with Crippen molar-refractivity contribution in [2.24, 2.45) is 7.05 Å². The molecule has 1 unspecified atom stereocenters. The lowest BCUT2D eigenvalue weighted by atomic mass is 10.1. The fourth-order valence-corrected chi connectivity index (χ4v) is 1.83. The van der Waals surface area contributed by atoms with Gasteiger partial charge in [0.25, 0.3) is 0 Å². The lowest BCUT2D eigenvalue weighted by Gasteiger charge is -2.12. The van der Waals surface area contributed by atoms with E-state index in [2.05, 4.69) is 5.10 Å². The van der Waals surface area contributed by atoms with Gasteiger partial charge in [-0.15, -0.1) is 0 Å². The average Bonchev–Trinajstić information content (AvgIpc) is 2.59. The van der Waals surface area contributed by atoms with Gasteiger partial charge in [-0.25, -0.2) is 0 Å². The molecule has 0 spiro atoms. The first-order valence-electron chi connectivity index (χ1n) is 4.80. The second kappa shape index (κ2) is 4.15. The quantitative estimate of drug-likeness (QED) is 0.782. The summed E-state index contributed by atoms with van der Waals surface area (Å²) in [4.78, 5) is 0. The van der Waals surface area contributed by atoms with Crippen molar-refractivity contribution in [3.05, 3.63) is 46.7 Å². The summed E-state index contributed by atoms with van der Waals surface area (Å²) in [6, 6.07) is 7.01. The van der Waals surface area contributed by atoms with Gasteiger partial charge in [-0.3, -0.25) is 4.68 Å². The molecule has 4 nitrogen and oxygen atoms in total. The number of anilines is 1. The van der Waals surface area contributed by atoms with Crippen molar-refractivity contribution >= 4 is 17.3 Å². The Kier molecular flexibility index (Phi) is 2.85. The molecule has 0 amide bonds. The molecule has 0 saturated heterocycles. The van der Waals surface area contributed by atoms with E-state index in [1.165, 1.54) is 6.20 Å². The first-order chi connectivity index (χ1) is 7.59.